The van der Waals surface area contributed by atoms with Gasteiger partial charge in [-0.05, 0) is 64.8 Å². The molecule has 2 aromatic heterocycles. The zero-order valence-corrected chi connectivity index (χ0v) is 18.8. The van der Waals surface area contributed by atoms with E-state index in [0.29, 0.717) is 29.6 Å². The van der Waals surface area contributed by atoms with Crippen LogP contribution in [0.1, 0.15) is 70.0 Å². The number of piperidine rings is 1. The number of pyridine rings is 1. The van der Waals surface area contributed by atoms with Gasteiger partial charge < -0.3 is 15.2 Å². The fraction of sp³-hybridized carbons (Fsp3) is 0.667. The van der Waals surface area contributed by atoms with E-state index in [4.69, 9.17) is 20.3 Å². The minimum atomic E-state index is 0.0530. The Bertz CT molecular complexity index is 893. The summed E-state index contributed by atoms with van der Waals surface area (Å²) in [6, 6.07) is 5.45. The molecule has 4 heterocycles. The summed E-state index contributed by atoms with van der Waals surface area (Å²) >= 11 is 0. The number of nitrogens with two attached hydrogens (primary N) is 1. The number of aromatic nitrogens is 3. The van der Waals surface area contributed by atoms with Gasteiger partial charge in [0.2, 0.25) is 0 Å². The van der Waals surface area contributed by atoms with E-state index in [1.165, 1.54) is 44.2 Å². The Morgan fingerprint density at radius 2 is 1.81 bits per heavy atom. The van der Waals surface area contributed by atoms with Crippen LogP contribution < -0.4 is 10.5 Å². The highest BCUT2D eigenvalue weighted by atomic mass is 16.5. The Hall–Kier alpha value is -2.12. The first-order valence-corrected chi connectivity index (χ1v) is 11.9. The van der Waals surface area contributed by atoms with Crippen molar-refractivity contribution < 1.29 is 9.47 Å². The van der Waals surface area contributed by atoms with E-state index in [1.54, 1.807) is 0 Å². The summed E-state index contributed by atoms with van der Waals surface area (Å²) < 4.78 is 13.6. The summed E-state index contributed by atoms with van der Waals surface area (Å²) in [6.07, 6.45) is 9.32. The second-order valence-electron chi connectivity index (χ2n) is 9.61. The van der Waals surface area contributed by atoms with E-state index in [0.717, 1.165) is 37.6 Å². The minimum Gasteiger partial charge on any atom is -0.487 e. The lowest BCUT2D eigenvalue weighted by atomic mass is 9.91. The maximum absolute atomic E-state index is 6.05. The summed E-state index contributed by atoms with van der Waals surface area (Å²) in [6.45, 7) is 8.11. The molecular formula is C24H35N5O2. The van der Waals surface area contributed by atoms with Gasteiger partial charge >= 0.3 is 0 Å². The molecule has 1 aliphatic carbocycles. The average molecular weight is 426 g/mol. The van der Waals surface area contributed by atoms with Gasteiger partial charge in [-0.1, -0.05) is 12.8 Å². The van der Waals surface area contributed by atoms with E-state index in [2.05, 4.69) is 20.6 Å². The molecule has 31 heavy (non-hydrogen) atoms. The van der Waals surface area contributed by atoms with Gasteiger partial charge in [0.05, 0.1) is 37.1 Å². The summed E-state index contributed by atoms with van der Waals surface area (Å²) in [5.41, 5.74) is 9.41. The first kappa shape index (κ1) is 20.8. The fourth-order valence-corrected chi connectivity index (χ4v) is 5.23. The summed E-state index contributed by atoms with van der Waals surface area (Å²) in [4.78, 5) is 7.00. The third-order valence-electron chi connectivity index (χ3n) is 7.06. The van der Waals surface area contributed by atoms with Crippen molar-refractivity contribution in [3.63, 3.8) is 0 Å². The van der Waals surface area contributed by atoms with E-state index in [-0.39, 0.29) is 6.10 Å². The third kappa shape index (κ3) is 4.30. The fourth-order valence-electron chi connectivity index (χ4n) is 5.23. The predicted molar refractivity (Wildman–Crippen MR) is 121 cm³/mol. The zero-order valence-electron chi connectivity index (χ0n) is 18.8. The van der Waals surface area contributed by atoms with Crippen LogP contribution in [0, 0.1) is 0 Å². The molecule has 168 valence electrons. The Kier molecular flexibility index (Phi) is 5.89. The predicted octanol–water partition coefficient (Wildman–Crippen LogP) is 4.01. The van der Waals surface area contributed by atoms with Crippen LogP contribution in [-0.2, 0) is 4.74 Å². The highest BCUT2D eigenvalue weighted by Gasteiger charge is 2.32. The molecule has 0 spiro atoms. The molecule has 7 heteroatoms. The van der Waals surface area contributed by atoms with Gasteiger partial charge in [-0.3, -0.25) is 9.58 Å². The highest BCUT2D eigenvalue weighted by Crippen LogP contribution is 2.38. The minimum absolute atomic E-state index is 0.0530. The monoisotopic (exact) mass is 425 g/mol. The first-order valence-electron chi connectivity index (χ1n) is 11.9. The van der Waals surface area contributed by atoms with Crippen molar-refractivity contribution in [1.29, 1.82) is 0 Å². The van der Waals surface area contributed by atoms with Crippen LogP contribution >= 0.6 is 0 Å². The maximum atomic E-state index is 6.05. The molecule has 2 aliphatic heterocycles. The van der Waals surface area contributed by atoms with Gasteiger partial charge in [0.25, 0.3) is 0 Å². The van der Waals surface area contributed by atoms with Crippen LogP contribution in [-0.4, -0.2) is 58.1 Å². The number of likely N-dealkylation sites (tertiary alicyclic amines) is 1. The molecule has 0 bridgehead atoms. The van der Waals surface area contributed by atoms with Crippen LogP contribution in [0.3, 0.4) is 0 Å². The quantitative estimate of drug-likeness (QED) is 0.753. The van der Waals surface area contributed by atoms with Crippen molar-refractivity contribution in [3.05, 3.63) is 24.0 Å². The Morgan fingerprint density at radius 1 is 1.06 bits per heavy atom. The molecule has 0 atom stereocenters. The molecular weight excluding hydrogens is 390 g/mol. The van der Waals surface area contributed by atoms with E-state index < -0.39 is 0 Å². The topological polar surface area (TPSA) is 78.4 Å². The lowest BCUT2D eigenvalue weighted by molar-refractivity contribution is -0.0714. The average Bonchev–Trinajstić information content (AvgIpc) is 3.38. The Labute approximate surface area is 184 Å². The number of hydrogen-bond acceptors (Lipinski definition) is 6. The lowest BCUT2D eigenvalue weighted by Crippen LogP contribution is -2.51. The van der Waals surface area contributed by atoms with Crippen LogP contribution in [0.5, 0.6) is 5.75 Å². The molecule has 2 N–H and O–H groups in total. The molecule has 5 rings (SSSR count). The van der Waals surface area contributed by atoms with Crippen LogP contribution in [0.15, 0.2) is 18.3 Å². The number of hydrogen-bond donors (Lipinski definition) is 1. The first-order chi connectivity index (χ1) is 15.1. The van der Waals surface area contributed by atoms with Crippen molar-refractivity contribution in [2.24, 2.45) is 0 Å². The second kappa shape index (κ2) is 8.79. The van der Waals surface area contributed by atoms with Crippen molar-refractivity contribution in [3.8, 4) is 17.0 Å². The number of ether oxygens (including phenoxy) is 2. The number of nitrogens with zero attached hydrogens (tertiary/aromatic N) is 4. The van der Waals surface area contributed by atoms with Crippen LogP contribution in [0.4, 0.5) is 5.82 Å². The van der Waals surface area contributed by atoms with Crippen molar-refractivity contribution in [1.82, 2.24) is 19.7 Å². The Morgan fingerprint density at radius 3 is 2.45 bits per heavy atom. The van der Waals surface area contributed by atoms with E-state index in [9.17, 15) is 0 Å². The summed E-state index contributed by atoms with van der Waals surface area (Å²) in [5.74, 6) is 1.63. The third-order valence-corrected chi connectivity index (χ3v) is 7.06. The second-order valence-corrected chi connectivity index (χ2v) is 9.61. The number of nitrogen functional groups attached to an aromatic ring is 1. The van der Waals surface area contributed by atoms with Gasteiger partial charge in [0.15, 0.2) is 11.6 Å². The number of rotatable bonds is 6. The molecule has 3 aliphatic rings. The SMILES string of the molecule is CC(C)Oc1cc(-c2cc(C3CCN(C4COC4)CC3)n(C3CCCC3)n2)cnc1N. The van der Waals surface area contributed by atoms with Gasteiger partial charge in [0.1, 0.15) is 0 Å². The summed E-state index contributed by atoms with van der Waals surface area (Å²) in [5, 5.41) is 5.12. The van der Waals surface area contributed by atoms with Crippen LogP contribution in [0.2, 0.25) is 0 Å². The molecule has 0 amide bonds. The van der Waals surface area contributed by atoms with E-state index in [1.807, 2.05) is 26.1 Å². The Balaban J connectivity index is 1.42. The van der Waals surface area contributed by atoms with Gasteiger partial charge in [-0.15, -0.1) is 0 Å². The molecule has 2 saturated heterocycles. The smallest absolute Gasteiger partial charge is 0.166 e. The molecule has 0 radical (unpaired) electrons. The van der Waals surface area contributed by atoms with Gasteiger partial charge in [0, 0.05) is 23.4 Å². The van der Waals surface area contributed by atoms with Gasteiger partial charge in [-0.25, -0.2) is 4.98 Å². The molecule has 0 aromatic carbocycles. The normalized spacial score (nSPS) is 21.6. The van der Waals surface area contributed by atoms with E-state index >= 15 is 0 Å². The highest BCUT2D eigenvalue weighted by molar-refractivity contribution is 5.64. The lowest BCUT2D eigenvalue weighted by Gasteiger charge is -2.41. The maximum Gasteiger partial charge on any atom is 0.166 e. The molecule has 7 nitrogen and oxygen atoms in total. The zero-order chi connectivity index (χ0) is 21.4. The largest absolute Gasteiger partial charge is 0.487 e. The van der Waals surface area contributed by atoms with Crippen LogP contribution in [0.25, 0.3) is 11.3 Å². The van der Waals surface area contributed by atoms with Crippen molar-refractivity contribution in [2.45, 2.75) is 76.5 Å². The molecule has 3 fully saturated rings. The number of anilines is 1. The molecule has 0 unspecified atom stereocenters. The van der Waals surface area contributed by atoms with Crippen molar-refractivity contribution >= 4 is 5.82 Å². The summed E-state index contributed by atoms with van der Waals surface area (Å²) in [7, 11) is 0. The van der Waals surface area contributed by atoms with Crippen molar-refractivity contribution in [2.75, 3.05) is 32.0 Å². The standard InChI is InChI=1S/C24H35N5O2/c1-16(2)31-23-11-18(13-26-24(23)25)21-12-22(29(27-21)19-5-3-4-6-19)17-7-9-28(10-8-17)20-14-30-15-20/h11-13,16-17,19-20H,3-10,14-15H2,1-2H3,(H2,25,26). The molecule has 1 saturated carbocycles. The van der Waals surface area contributed by atoms with Gasteiger partial charge in [-0.2, -0.15) is 5.10 Å². The molecule has 2 aromatic rings.